The van der Waals surface area contributed by atoms with E-state index in [0.29, 0.717) is 18.3 Å². The molecule has 3 rings (SSSR count). The van der Waals surface area contributed by atoms with Gasteiger partial charge in [-0.15, -0.1) is 28.3 Å². The third-order valence-corrected chi connectivity index (χ3v) is 4.68. The monoisotopic (exact) mass is 432 g/mol. The average molecular weight is 433 g/mol. The third-order valence-electron chi connectivity index (χ3n) is 4.34. The van der Waals surface area contributed by atoms with Crippen LogP contribution in [0.25, 0.3) is 11.0 Å². The quantitative estimate of drug-likeness (QED) is 0.303. The molecule has 0 unspecified atom stereocenters. The molecule has 3 aromatic rings. The van der Waals surface area contributed by atoms with Gasteiger partial charge in [-0.1, -0.05) is 29.5 Å². The number of para-hydroxylation sites is 1. The van der Waals surface area contributed by atoms with Crippen molar-refractivity contribution < 1.29 is 4.79 Å². The number of carbonyl (C=O) groups excluding carboxylic acids is 1. The number of aryl methyl sites for hydroxylation is 1. The van der Waals surface area contributed by atoms with E-state index < -0.39 is 0 Å². The van der Waals surface area contributed by atoms with Crippen molar-refractivity contribution in [2.24, 2.45) is 5.10 Å². The van der Waals surface area contributed by atoms with Crippen molar-refractivity contribution >= 4 is 52.0 Å². The minimum Gasteiger partial charge on any atom is -0.369 e. The van der Waals surface area contributed by atoms with Gasteiger partial charge in [-0.05, 0) is 29.8 Å². The molecule has 7 nitrogen and oxygen atoms in total. The third kappa shape index (κ3) is 5.92. The fourth-order valence-electron chi connectivity index (χ4n) is 2.87. The second-order valence-corrected chi connectivity index (χ2v) is 7.06. The molecular weight excluding hydrogens is 411 g/mol. The smallest absolute Gasteiger partial charge is 0.241 e. The van der Waals surface area contributed by atoms with Crippen molar-refractivity contribution in [1.82, 2.24) is 20.4 Å². The van der Waals surface area contributed by atoms with Gasteiger partial charge in [0, 0.05) is 37.0 Å². The van der Waals surface area contributed by atoms with Crippen LogP contribution < -0.4 is 10.3 Å². The van der Waals surface area contributed by atoms with E-state index in [1.807, 2.05) is 48.5 Å². The van der Waals surface area contributed by atoms with E-state index in [1.165, 1.54) is 0 Å². The molecule has 29 heavy (non-hydrogen) atoms. The van der Waals surface area contributed by atoms with Gasteiger partial charge in [0.05, 0.1) is 18.3 Å². The standard InChI is InChI=1S/C20H22Cl2N6O/c21-10-13-27(14-11-22)17-7-5-16(6-8-17)15-23-25-20(29)9-12-28-19-4-2-1-3-18(19)24-26-28/h1-8,15H,9-14H2,(H,25,29)/b23-15-. The van der Waals surface area contributed by atoms with Gasteiger partial charge >= 0.3 is 0 Å². The summed E-state index contributed by atoms with van der Waals surface area (Å²) in [6.45, 7) is 1.91. The minimum absolute atomic E-state index is 0.187. The summed E-state index contributed by atoms with van der Waals surface area (Å²) in [5, 5.41) is 12.2. The number of nitrogens with one attached hydrogen (secondary N) is 1. The maximum Gasteiger partial charge on any atom is 0.241 e. The largest absolute Gasteiger partial charge is 0.369 e. The van der Waals surface area contributed by atoms with Crippen molar-refractivity contribution in [2.75, 3.05) is 29.7 Å². The van der Waals surface area contributed by atoms with Crippen LogP contribution in [0.3, 0.4) is 0 Å². The molecule has 0 saturated carbocycles. The molecule has 0 bridgehead atoms. The van der Waals surface area contributed by atoms with Crippen LogP contribution in [0.5, 0.6) is 0 Å². The molecule has 9 heteroatoms. The second-order valence-electron chi connectivity index (χ2n) is 6.30. The molecule has 0 spiro atoms. The number of rotatable bonds is 10. The summed E-state index contributed by atoms with van der Waals surface area (Å²) in [5.41, 5.74) is 6.19. The van der Waals surface area contributed by atoms with Crippen molar-refractivity contribution in [3.8, 4) is 0 Å². The van der Waals surface area contributed by atoms with Gasteiger partial charge in [0.2, 0.25) is 5.91 Å². The maximum atomic E-state index is 12.0. The number of aromatic nitrogens is 3. The summed E-state index contributed by atoms with van der Waals surface area (Å²) in [7, 11) is 0. The summed E-state index contributed by atoms with van der Waals surface area (Å²) in [4.78, 5) is 14.2. The van der Waals surface area contributed by atoms with Gasteiger partial charge in [-0.2, -0.15) is 5.10 Å². The van der Waals surface area contributed by atoms with Crippen LogP contribution in [-0.4, -0.2) is 52.0 Å². The van der Waals surface area contributed by atoms with E-state index in [2.05, 4.69) is 25.7 Å². The van der Waals surface area contributed by atoms with Crippen LogP contribution in [0, 0.1) is 0 Å². The van der Waals surface area contributed by atoms with E-state index >= 15 is 0 Å². The lowest BCUT2D eigenvalue weighted by Crippen LogP contribution is -2.27. The Labute approximate surface area is 179 Å². The molecule has 0 aliphatic carbocycles. The first kappa shape index (κ1) is 21.1. The normalized spacial score (nSPS) is 11.2. The molecule has 0 fully saturated rings. The van der Waals surface area contributed by atoms with Gasteiger partial charge < -0.3 is 4.90 Å². The molecule has 0 aliphatic rings. The number of hydrogen-bond donors (Lipinski definition) is 1. The summed E-state index contributed by atoms with van der Waals surface area (Å²) in [6, 6.07) is 15.5. The first-order valence-corrected chi connectivity index (χ1v) is 10.3. The molecular formula is C20H22Cl2N6O. The number of fused-ring (bicyclic) bond motifs is 1. The molecule has 1 amide bonds. The van der Waals surface area contributed by atoms with Gasteiger partial charge in [-0.3, -0.25) is 4.79 Å². The molecule has 2 aromatic carbocycles. The zero-order valence-corrected chi connectivity index (χ0v) is 17.4. The predicted molar refractivity (Wildman–Crippen MR) is 118 cm³/mol. The summed E-state index contributed by atoms with van der Waals surface area (Å²) < 4.78 is 1.71. The van der Waals surface area contributed by atoms with Crippen LogP contribution in [0.1, 0.15) is 12.0 Å². The van der Waals surface area contributed by atoms with Crippen LogP contribution in [-0.2, 0) is 11.3 Å². The van der Waals surface area contributed by atoms with E-state index in [9.17, 15) is 4.79 Å². The van der Waals surface area contributed by atoms with Crippen LogP contribution in [0.4, 0.5) is 5.69 Å². The highest BCUT2D eigenvalue weighted by Gasteiger charge is 2.07. The number of carbonyl (C=O) groups is 1. The summed E-state index contributed by atoms with van der Waals surface area (Å²) in [6.07, 6.45) is 1.87. The highest BCUT2D eigenvalue weighted by molar-refractivity contribution is 6.18. The van der Waals surface area contributed by atoms with Crippen LogP contribution in [0.2, 0.25) is 0 Å². The number of anilines is 1. The van der Waals surface area contributed by atoms with E-state index in [-0.39, 0.29) is 12.3 Å². The van der Waals surface area contributed by atoms with E-state index in [0.717, 1.165) is 35.4 Å². The lowest BCUT2D eigenvalue weighted by molar-refractivity contribution is -0.121. The maximum absolute atomic E-state index is 12.0. The molecule has 1 heterocycles. The molecule has 0 radical (unpaired) electrons. The first-order chi connectivity index (χ1) is 14.2. The van der Waals surface area contributed by atoms with E-state index in [1.54, 1.807) is 10.9 Å². The number of alkyl halides is 2. The highest BCUT2D eigenvalue weighted by atomic mass is 35.5. The Morgan fingerprint density at radius 1 is 1.10 bits per heavy atom. The molecule has 0 aliphatic heterocycles. The highest BCUT2D eigenvalue weighted by Crippen LogP contribution is 2.15. The van der Waals surface area contributed by atoms with Crippen molar-refractivity contribution in [3.63, 3.8) is 0 Å². The Morgan fingerprint density at radius 2 is 1.83 bits per heavy atom. The number of amides is 1. The van der Waals surface area contributed by atoms with Gasteiger partial charge in [0.15, 0.2) is 0 Å². The number of hydrazone groups is 1. The summed E-state index contributed by atoms with van der Waals surface area (Å²) in [5.74, 6) is 0.889. The molecule has 0 saturated heterocycles. The fraction of sp³-hybridized carbons (Fsp3) is 0.300. The Bertz CT molecular complexity index is 951. The van der Waals surface area contributed by atoms with Gasteiger partial charge in [-0.25, -0.2) is 10.1 Å². The van der Waals surface area contributed by atoms with Gasteiger partial charge in [0.25, 0.3) is 0 Å². The zero-order valence-electron chi connectivity index (χ0n) is 15.8. The number of benzene rings is 2. The molecule has 1 aromatic heterocycles. The van der Waals surface area contributed by atoms with Gasteiger partial charge in [0.1, 0.15) is 5.52 Å². The zero-order chi connectivity index (χ0) is 20.5. The summed E-state index contributed by atoms with van der Waals surface area (Å²) >= 11 is 11.7. The number of hydrogen-bond acceptors (Lipinski definition) is 5. The predicted octanol–water partition coefficient (Wildman–Crippen LogP) is 3.26. The van der Waals surface area contributed by atoms with Crippen molar-refractivity contribution in [2.45, 2.75) is 13.0 Å². The molecule has 0 atom stereocenters. The lowest BCUT2D eigenvalue weighted by atomic mass is 10.2. The Hall–Kier alpha value is -2.64. The number of nitrogens with zero attached hydrogens (tertiary/aromatic N) is 5. The first-order valence-electron chi connectivity index (χ1n) is 9.28. The Kier molecular flexibility index (Phi) is 7.84. The Morgan fingerprint density at radius 3 is 2.55 bits per heavy atom. The SMILES string of the molecule is O=C(CCn1nnc2ccccc21)N/N=C\c1ccc(N(CCCl)CCCl)cc1. The molecule has 1 N–H and O–H groups in total. The topological polar surface area (TPSA) is 75.4 Å². The van der Waals surface area contributed by atoms with Crippen molar-refractivity contribution in [1.29, 1.82) is 0 Å². The molecule has 152 valence electrons. The lowest BCUT2D eigenvalue weighted by Gasteiger charge is -2.22. The minimum atomic E-state index is -0.187. The fourth-order valence-corrected chi connectivity index (χ4v) is 3.28. The number of halogens is 2. The Balaban J connectivity index is 1.49. The average Bonchev–Trinajstić information content (AvgIpc) is 3.16. The van der Waals surface area contributed by atoms with E-state index in [4.69, 9.17) is 23.2 Å². The second kappa shape index (κ2) is 10.8. The van der Waals surface area contributed by atoms with Crippen LogP contribution in [0.15, 0.2) is 53.6 Å². The van der Waals surface area contributed by atoms with Crippen LogP contribution >= 0.6 is 23.2 Å². The van der Waals surface area contributed by atoms with Crippen molar-refractivity contribution in [3.05, 3.63) is 54.1 Å².